The molecule has 0 aliphatic heterocycles. The number of nitriles is 1. The number of hydrogen-bond acceptors (Lipinski definition) is 3. The molecule has 2 nitrogen and oxygen atoms in total. The molecule has 1 saturated carbocycles. The average molecular weight is 364 g/mol. The smallest absolute Gasteiger partial charge is 0.119 e. The van der Waals surface area contributed by atoms with Crippen LogP contribution in [0.5, 0.6) is 5.75 Å². The molecule has 0 aromatic heterocycles. The summed E-state index contributed by atoms with van der Waals surface area (Å²) in [5.74, 6) is 0.647. The molecule has 2 aromatic carbocycles. The van der Waals surface area contributed by atoms with Crippen molar-refractivity contribution in [3.05, 3.63) is 58.6 Å². The van der Waals surface area contributed by atoms with E-state index in [2.05, 4.69) is 6.07 Å². The summed E-state index contributed by atoms with van der Waals surface area (Å²) in [5.41, 5.74) is 0. The van der Waals surface area contributed by atoms with Gasteiger partial charge in [-0.25, -0.2) is 0 Å². The maximum atomic E-state index is 9.41. The highest BCUT2D eigenvalue weighted by Gasteiger charge is 2.36. The van der Waals surface area contributed by atoms with E-state index >= 15 is 0 Å². The lowest BCUT2D eigenvalue weighted by molar-refractivity contribution is 0.183. The van der Waals surface area contributed by atoms with Gasteiger partial charge in [0.25, 0.3) is 0 Å². The van der Waals surface area contributed by atoms with Gasteiger partial charge in [-0.1, -0.05) is 35.3 Å². The van der Waals surface area contributed by atoms with Crippen molar-refractivity contribution in [1.82, 2.24) is 0 Å². The van der Waals surface area contributed by atoms with Gasteiger partial charge in [0.15, 0.2) is 0 Å². The quantitative estimate of drug-likeness (QED) is 0.684. The molecule has 1 aliphatic rings. The van der Waals surface area contributed by atoms with Crippen molar-refractivity contribution in [2.75, 3.05) is 0 Å². The molecule has 5 heteroatoms. The van der Waals surface area contributed by atoms with E-state index in [4.69, 9.17) is 27.9 Å². The van der Waals surface area contributed by atoms with Gasteiger partial charge in [0.05, 0.1) is 17.0 Å². The second-order valence-corrected chi connectivity index (χ2v) is 7.67. The molecule has 0 heterocycles. The Balaban J connectivity index is 1.67. The molecule has 0 unspecified atom stereocenters. The van der Waals surface area contributed by atoms with Gasteiger partial charge in [0, 0.05) is 15.2 Å². The van der Waals surface area contributed by atoms with Crippen molar-refractivity contribution in [2.24, 2.45) is 5.92 Å². The summed E-state index contributed by atoms with van der Waals surface area (Å²) in [6.07, 6.45) is 1.54. The van der Waals surface area contributed by atoms with Crippen LogP contribution in [0.4, 0.5) is 0 Å². The van der Waals surface area contributed by atoms with E-state index in [1.54, 1.807) is 23.9 Å². The van der Waals surface area contributed by atoms with Crippen LogP contribution in [0.2, 0.25) is 10.0 Å². The highest BCUT2D eigenvalue weighted by molar-refractivity contribution is 8.00. The standard InChI is InChI=1S/C18H15Cl2NOS/c19-13-5-7-14(8-6-13)22-17-10-15(9-12(17)11-21)23-18-4-2-1-3-16(18)20/h1-8,12,15,17H,9-10H2/t12-,15+,17+/m1/s1. The summed E-state index contributed by atoms with van der Waals surface area (Å²) in [6, 6.07) is 17.5. The first-order valence-electron chi connectivity index (χ1n) is 7.38. The molecule has 0 amide bonds. The summed E-state index contributed by atoms with van der Waals surface area (Å²) < 4.78 is 6.00. The average Bonchev–Trinajstić information content (AvgIpc) is 2.93. The van der Waals surface area contributed by atoms with Gasteiger partial charge in [-0.2, -0.15) is 5.26 Å². The number of nitrogens with zero attached hydrogens (tertiary/aromatic N) is 1. The molecule has 118 valence electrons. The third-order valence-electron chi connectivity index (χ3n) is 3.86. The van der Waals surface area contributed by atoms with E-state index in [0.29, 0.717) is 10.3 Å². The fourth-order valence-electron chi connectivity index (χ4n) is 2.72. The fourth-order valence-corrected chi connectivity index (χ4v) is 4.41. The monoisotopic (exact) mass is 363 g/mol. The van der Waals surface area contributed by atoms with Crippen LogP contribution < -0.4 is 4.74 Å². The minimum atomic E-state index is -0.106. The van der Waals surface area contributed by atoms with Gasteiger partial charge in [0.2, 0.25) is 0 Å². The second-order valence-electron chi connectivity index (χ2n) is 5.49. The van der Waals surface area contributed by atoms with Gasteiger partial charge < -0.3 is 4.74 Å². The van der Waals surface area contributed by atoms with Crippen LogP contribution in [0.15, 0.2) is 53.4 Å². The molecule has 1 aliphatic carbocycles. The number of hydrogen-bond donors (Lipinski definition) is 0. The Labute approximate surface area is 150 Å². The summed E-state index contributed by atoms with van der Waals surface area (Å²) in [5, 5.41) is 11.2. The predicted molar refractivity (Wildman–Crippen MR) is 95.3 cm³/mol. The highest BCUT2D eigenvalue weighted by atomic mass is 35.5. The molecule has 3 rings (SSSR count). The van der Waals surface area contributed by atoms with Crippen LogP contribution >= 0.6 is 35.0 Å². The molecule has 1 fully saturated rings. The normalized spacial score (nSPS) is 23.4. The predicted octanol–water partition coefficient (Wildman–Crippen LogP) is 5.84. The van der Waals surface area contributed by atoms with Crippen LogP contribution in [0.3, 0.4) is 0 Å². The number of halogens is 2. The second kappa shape index (κ2) is 7.49. The topological polar surface area (TPSA) is 33.0 Å². The molecule has 0 spiro atoms. The van der Waals surface area contributed by atoms with E-state index in [1.165, 1.54) is 0 Å². The molecule has 23 heavy (non-hydrogen) atoms. The van der Waals surface area contributed by atoms with Crippen molar-refractivity contribution in [1.29, 1.82) is 5.26 Å². The third kappa shape index (κ3) is 4.14. The molecule has 0 radical (unpaired) electrons. The largest absolute Gasteiger partial charge is 0.489 e. The third-order valence-corrected chi connectivity index (χ3v) is 5.88. The van der Waals surface area contributed by atoms with Crippen LogP contribution in [-0.2, 0) is 0 Å². The fraction of sp³-hybridized carbons (Fsp3) is 0.278. The SMILES string of the molecule is N#C[C@H]1C[C@H](Sc2ccccc2Cl)C[C@@H]1Oc1ccc(Cl)cc1. The summed E-state index contributed by atoms with van der Waals surface area (Å²) in [7, 11) is 0. The summed E-state index contributed by atoms with van der Waals surface area (Å²) in [4.78, 5) is 1.06. The van der Waals surface area contributed by atoms with Crippen LogP contribution in [-0.4, -0.2) is 11.4 Å². The number of rotatable bonds is 4. The minimum Gasteiger partial charge on any atom is -0.489 e. The van der Waals surface area contributed by atoms with Gasteiger partial charge in [-0.3, -0.25) is 0 Å². The molecule has 0 bridgehead atoms. The van der Waals surface area contributed by atoms with Gasteiger partial charge >= 0.3 is 0 Å². The van der Waals surface area contributed by atoms with Gasteiger partial charge in [-0.15, -0.1) is 11.8 Å². The van der Waals surface area contributed by atoms with Crippen molar-refractivity contribution in [3.63, 3.8) is 0 Å². The molecule has 2 aromatic rings. The molecule has 0 saturated heterocycles. The van der Waals surface area contributed by atoms with Crippen molar-refractivity contribution in [2.45, 2.75) is 29.1 Å². The Hall–Kier alpha value is -1.34. The molecule has 0 N–H and O–H groups in total. The van der Waals surface area contributed by atoms with Crippen molar-refractivity contribution in [3.8, 4) is 11.8 Å². The van der Waals surface area contributed by atoms with Crippen LogP contribution in [0.25, 0.3) is 0 Å². The Morgan fingerprint density at radius 2 is 1.78 bits per heavy atom. The van der Waals surface area contributed by atoms with Gasteiger partial charge in [0.1, 0.15) is 11.9 Å². The Kier molecular flexibility index (Phi) is 5.38. The maximum absolute atomic E-state index is 9.41. The zero-order valence-electron chi connectivity index (χ0n) is 12.3. The lowest BCUT2D eigenvalue weighted by Gasteiger charge is -2.16. The molecule has 3 atom stereocenters. The lowest BCUT2D eigenvalue weighted by atomic mass is 10.1. The van der Waals surface area contributed by atoms with Crippen molar-refractivity contribution < 1.29 is 4.74 Å². The number of thioether (sulfide) groups is 1. The molecular weight excluding hydrogens is 349 g/mol. The lowest BCUT2D eigenvalue weighted by Crippen LogP contribution is -2.20. The van der Waals surface area contributed by atoms with E-state index < -0.39 is 0 Å². The van der Waals surface area contributed by atoms with E-state index in [0.717, 1.165) is 28.5 Å². The highest BCUT2D eigenvalue weighted by Crippen LogP contribution is 2.41. The number of benzene rings is 2. The number of ether oxygens (including phenoxy) is 1. The van der Waals surface area contributed by atoms with Crippen molar-refractivity contribution >= 4 is 35.0 Å². The van der Waals surface area contributed by atoms with Crippen LogP contribution in [0, 0.1) is 17.2 Å². The van der Waals surface area contributed by atoms with E-state index in [9.17, 15) is 5.26 Å². The zero-order valence-corrected chi connectivity index (χ0v) is 14.6. The first-order chi connectivity index (χ1) is 11.2. The Bertz CT molecular complexity index is 714. The maximum Gasteiger partial charge on any atom is 0.119 e. The first-order valence-corrected chi connectivity index (χ1v) is 9.02. The Morgan fingerprint density at radius 1 is 1.04 bits per heavy atom. The minimum absolute atomic E-state index is 0.0961. The zero-order chi connectivity index (χ0) is 16.2. The van der Waals surface area contributed by atoms with E-state index in [-0.39, 0.29) is 12.0 Å². The first kappa shape index (κ1) is 16.5. The Morgan fingerprint density at radius 3 is 2.48 bits per heavy atom. The summed E-state index contributed by atoms with van der Waals surface area (Å²) in [6.45, 7) is 0. The summed E-state index contributed by atoms with van der Waals surface area (Å²) >= 11 is 13.8. The van der Waals surface area contributed by atoms with Gasteiger partial charge in [-0.05, 0) is 49.2 Å². The van der Waals surface area contributed by atoms with E-state index in [1.807, 2.05) is 36.4 Å². The van der Waals surface area contributed by atoms with Crippen LogP contribution in [0.1, 0.15) is 12.8 Å². The molecular formula is C18H15Cl2NOS.